The maximum atomic E-state index is 2.41. The molecule has 0 aliphatic rings. The molecule has 9 aromatic carbocycles. The van der Waals surface area contributed by atoms with Crippen LogP contribution in [0.15, 0.2) is 152 Å². The lowest BCUT2D eigenvalue weighted by molar-refractivity contribution is 1.14. The third-order valence-electron chi connectivity index (χ3n) is 9.54. The molecule has 0 radical (unpaired) electrons. The second-order valence-electron chi connectivity index (χ2n) is 12.0. The van der Waals surface area contributed by atoms with Crippen molar-refractivity contribution in [1.82, 2.24) is 0 Å². The Balaban J connectivity index is 1.29. The molecular formula is C44H30. The van der Waals surface area contributed by atoms with Crippen molar-refractivity contribution in [3.63, 3.8) is 0 Å². The van der Waals surface area contributed by atoms with Gasteiger partial charge in [-0.3, -0.25) is 0 Å². The van der Waals surface area contributed by atoms with Crippen LogP contribution in [0.2, 0.25) is 0 Å². The Labute approximate surface area is 257 Å². The Hall–Kier alpha value is -5.46. The highest BCUT2D eigenvalue weighted by molar-refractivity contribution is 6.25. The van der Waals surface area contributed by atoms with E-state index in [0.717, 1.165) is 6.42 Å². The van der Waals surface area contributed by atoms with E-state index in [9.17, 15) is 0 Å². The van der Waals surface area contributed by atoms with E-state index in [4.69, 9.17) is 0 Å². The van der Waals surface area contributed by atoms with Crippen molar-refractivity contribution in [1.29, 1.82) is 0 Å². The summed E-state index contributed by atoms with van der Waals surface area (Å²) in [5.41, 5.74) is 8.99. The Bertz CT molecular complexity index is 2520. The highest BCUT2D eigenvalue weighted by atomic mass is 14.2. The summed E-state index contributed by atoms with van der Waals surface area (Å²) >= 11 is 0. The molecule has 0 atom stereocenters. The molecule has 0 nitrogen and oxygen atoms in total. The van der Waals surface area contributed by atoms with Crippen LogP contribution in [0.3, 0.4) is 0 Å². The molecule has 0 heterocycles. The number of hydrogen-bond donors (Lipinski definition) is 0. The predicted molar refractivity (Wildman–Crippen MR) is 191 cm³/mol. The van der Waals surface area contributed by atoms with Crippen molar-refractivity contribution in [2.45, 2.75) is 13.3 Å². The minimum atomic E-state index is 0.979. The molecule has 0 heteroatoms. The summed E-state index contributed by atoms with van der Waals surface area (Å²) < 4.78 is 0. The molecular weight excluding hydrogens is 528 g/mol. The van der Waals surface area contributed by atoms with E-state index in [2.05, 4.69) is 159 Å². The second-order valence-corrected chi connectivity index (χ2v) is 12.0. The summed E-state index contributed by atoms with van der Waals surface area (Å²) in [5.74, 6) is 0. The first-order valence-corrected chi connectivity index (χ1v) is 15.6. The van der Waals surface area contributed by atoms with E-state index in [-0.39, 0.29) is 0 Å². The van der Waals surface area contributed by atoms with Gasteiger partial charge in [0.25, 0.3) is 0 Å². The van der Waals surface area contributed by atoms with E-state index in [1.807, 2.05) is 0 Å². The van der Waals surface area contributed by atoms with E-state index < -0.39 is 0 Å². The van der Waals surface area contributed by atoms with E-state index in [1.54, 1.807) is 0 Å². The summed E-state index contributed by atoms with van der Waals surface area (Å²) in [5, 5.41) is 13.1. The van der Waals surface area contributed by atoms with Crippen LogP contribution in [-0.4, -0.2) is 0 Å². The van der Waals surface area contributed by atoms with E-state index >= 15 is 0 Å². The van der Waals surface area contributed by atoms with Gasteiger partial charge in [0.05, 0.1) is 0 Å². The van der Waals surface area contributed by atoms with Crippen molar-refractivity contribution < 1.29 is 0 Å². The third kappa shape index (κ3) is 3.78. The quantitative estimate of drug-likeness (QED) is 0.188. The van der Waals surface area contributed by atoms with Crippen LogP contribution in [0, 0.1) is 0 Å². The molecule has 9 rings (SSSR count). The first-order chi connectivity index (χ1) is 21.8. The molecule has 0 unspecified atom stereocenters. The van der Waals surface area contributed by atoms with Crippen LogP contribution in [0.25, 0.3) is 87.2 Å². The first kappa shape index (κ1) is 25.1. The lowest BCUT2D eigenvalue weighted by atomic mass is 9.86. The molecule has 0 aromatic heterocycles. The lowest BCUT2D eigenvalue weighted by Crippen LogP contribution is -1.92. The van der Waals surface area contributed by atoms with Crippen molar-refractivity contribution in [3.05, 3.63) is 157 Å². The number of fused-ring (bicyclic) bond motifs is 3. The third-order valence-corrected chi connectivity index (χ3v) is 9.54. The standard InChI is InChI=1S/C44H30/c1-2-28-24-33(26-34(25-28)42-27-32-10-3-4-13-35(32)37-15-7-8-17-39(37)42)36-14-5-6-16-38(36)40-22-20-31-19-18-29-11-9-12-30-21-23-41(40)44(31)43(29)30/h3-27H,2H2,1H3. The monoisotopic (exact) mass is 558 g/mol. The van der Waals surface area contributed by atoms with Crippen molar-refractivity contribution >= 4 is 53.9 Å². The van der Waals surface area contributed by atoms with Gasteiger partial charge in [0.15, 0.2) is 0 Å². The number of benzene rings is 9. The predicted octanol–water partition coefficient (Wildman–Crippen LogP) is 12.5. The molecule has 9 aromatic rings. The largest absolute Gasteiger partial charge is 0.0616 e. The fraction of sp³-hybridized carbons (Fsp3) is 0.0455. The second kappa shape index (κ2) is 9.79. The highest BCUT2D eigenvalue weighted by Crippen LogP contribution is 2.43. The van der Waals surface area contributed by atoms with E-state index in [0.29, 0.717) is 0 Å². The highest BCUT2D eigenvalue weighted by Gasteiger charge is 2.16. The Morgan fingerprint density at radius 2 is 0.932 bits per heavy atom. The zero-order chi connectivity index (χ0) is 29.2. The van der Waals surface area contributed by atoms with Gasteiger partial charge in [-0.25, -0.2) is 0 Å². The zero-order valence-electron chi connectivity index (χ0n) is 24.6. The molecule has 0 saturated heterocycles. The summed E-state index contributed by atoms with van der Waals surface area (Å²) in [6.45, 7) is 2.26. The fourth-order valence-electron chi connectivity index (χ4n) is 7.44. The van der Waals surface area contributed by atoms with Crippen LogP contribution < -0.4 is 0 Å². The number of hydrogen-bond acceptors (Lipinski definition) is 0. The average molecular weight is 559 g/mol. The molecule has 206 valence electrons. The van der Waals surface area contributed by atoms with Crippen LogP contribution in [0.4, 0.5) is 0 Å². The first-order valence-electron chi connectivity index (χ1n) is 15.6. The van der Waals surface area contributed by atoms with Crippen LogP contribution in [0.1, 0.15) is 12.5 Å². The lowest BCUT2D eigenvalue weighted by Gasteiger charge is -2.18. The van der Waals surface area contributed by atoms with Gasteiger partial charge < -0.3 is 0 Å². The van der Waals surface area contributed by atoms with Gasteiger partial charge in [0.2, 0.25) is 0 Å². The molecule has 44 heavy (non-hydrogen) atoms. The molecule has 0 bridgehead atoms. The Morgan fingerprint density at radius 3 is 1.73 bits per heavy atom. The topological polar surface area (TPSA) is 0 Å². The van der Waals surface area contributed by atoms with Gasteiger partial charge in [-0.1, -0.05) is 146 Å². The smallest absolute Gasteiger partial charge is 0.00206 e. The van der Waals surface area contributed by atoms with Crippen molar-refractivity contribution in [2.24, 2.45) is 0 Å². The van der Waals surface area contributed by atoms with Crippen LogP contribution >= 0.6 is 0 Å². The molecule has 0 fully saturated rings. The number of aryl methyl sites for hydroxylation is 1. The normalized spacial score (nSPS) is 11.8. The Morgan fingerprint density at radius 1 is 0.341 bits per heavy atom. The molecule has 0 amide bonds. The number of rotatable bonds is 4. The summed E-state index contributed by atoms with van der Waals surface area (Å²) in [6, 6.07) is 56.5. The van der Waals surface area contributed by atoms with Gasteiger partial charge in [-0.05, 0) is 111 Å². The summed E-state index contributed by atoms with van der Waals surface area (Å²) in [6.07, 6.45) is 0.979. The van der Waals surface area contributed by atoms with Crippen LogP contribution in [0.5, 0.6) is 0 Å². The molecule has 0 aliphatic heterocycles. The zero-order valence-corrected chi connectivity index (χ0v) is 24.6. The van der Waals surface area contributed by atoms with Crippen LogP contribution in [-0.2, 0) is 6.42 Å². The minimum absolute atomic E-state index is 0.979. The summed E-state index contributed by atoms with van der Waals surface area (Å²) in [7, 11) is 0. The molecule has 0 spiro atoms. The van der Waals surface area contributed by atoms with Gasteiger partial charge in [0.1, 0.15) is 0 Å². The van der Waals surface area contributed by atoms with Gasteiger partial charge in [0, 0.05) is 0 Å². The maximum absolute atomic E-state index is 2.41. The van der Waals surface area contributed by atoms with Gasteiger partial charge in [-0.2, -0.15) is 0 Å². The maximum Gasteiger partial charge on any atom is -0.00206 e. The van der Waals surface area contributed by atoms with Crippen molar-refractivity contribution in [2.75, 3.05) is 0 Å². The average Bonchev–Trinajstić information content (AvgIpc) is 3.10. The van der Waals surface area contributed by atoms with Gasteiger partial charge >= 0.3 is 0 Å². The Kier molecular flexibility index (Phi) is 5.58. The van der Waals surface area contributed by atoms with Crippen molar-refractivity contribution in [3.8, 4) is 33.4 Å². The van der Waals surface area contributed by atoms with Gasteiger partial charge in [-0.15, -0.1) is 0 Å². The molecule has 0 N–H and O–H groups in total. The minimum Gasteiger partial charge on any atom is -0.0616 e. The van der Waals surface area contributed by atoms with E-state index in [1.165, 1.54) is 92.8 Å². The SMILES string of the molecule is CCc1cc(-c2ccccc2-c2ccc3ccc4cccc5ccc2c3c45)cc(-c2cc3ccccc3c3ccccc23)c1. The molecule has 0 saturated carbocycles. The molecule has 0 aliphatic carbocycles. The summed E-state index contributed by atoms with van der Waals surface area (Å²) in [4.78, 5) is 0. The fourth-order valence-corrected chi connectivity index (χ4v) is 7.44.